The maximum atomic E-state index is 10.5. The summed E-state index contributed by atoms with van der Waals surface area (Å²) in [4.78, 5) is 0. The summed E-state index contributed by atoms with van der Waals surface area (Å²) in [6.07, 6.45) is 11.8. The first kappa shape index (κ1) is 23.1. The molecule has 0 aromatic heterocycles. The molecular formula is C28H50O2. The Bertz CT molecular complexity index is 601. The zero-order valence-electron chi connectivity index (χ0n) is 20.7. The average molecular weight is 419 g/mol. The van der Waals surface area contributed by atoms with E-state index in [-0.39, 0.29) is 5.41 Å². The first-order chi connectivity index (χ1) is 14.1. The average Bonchev–Trinajstić information content (AvgIpc) is 3.04. The van der Waals surface area contributed by atoms with Gasteiger partial charge in [-0.3, -0.25) is 0 Å². The van der Waals surface area contributed by atoms with Gasteiger partial charge in [-0.1, -0.05) is 54.4 Å². The first-order valence-corrected chi connectivity index (χ1v) is 13.4. The number of fused-ring (bicyclic) bond motifs is 5. The predicted molar refractivity (Wildman–Crippen MR) is 125 cm³/mol. The van der Waals surface area contributed by atoms with Crippen molar-refractivity contribution in [1.29, 1.82) is 0 Å². The van der Waals surface area contributed by atoms with Crippen LogP contribution in [-0.4, -0.2) is 22.4 Å². The van der Waals surface area contributed by atoms with E-state index in [1.165, 1.54) is 51.4 Å². The van der Waals surface area contributed by atoms with Crippen molar-refractivity contribution < 1.29 is 10.2 Å². The number of aliphatic hydroxyl groups is 2. The Hall–Kier alpha value is -0.0800. The van der Waals surface area contributed by atoms with Gasteiger partial charge in [-0.15, -0.1) is 0 Å². The maximum Gasteiger partial charge on any atom is 0.0804 e. The van der Waals surface area contributed by atoms with Crippen molar-refractivity contribution in [3.8, 4) is 0 Å². The fourth-order valence-electron chi connectivity index (χ4n) is 9.31. The van der Waals surface area contributed by atoms with Crippen LogP contribution >= 0.6 is 0 Å². The van der Waals surface area contributed by atoms with E-state index in [1.54, 1.807) is 0 Å². The van der Waals surface area contributed by atoms with Crippen molar-refractivity contribution >= 4 is 0 Å². The highest BCUT2D eigenvalue weighted by Gasteiger charge is 2.61. The van der Waals surface area contributed by atoms with E-state index < -0.39 is 12.2 Å². The van der Waals surface area contributed by atoms with Crippen molar-refractivity contribution in [1.82, 2.24) is 0 Å². The van der Waals surface area contributed by atoms with Gasteiger partial charge in [0.1, 0.15) is 0 Å². The Morgan fingerprint density at radius 1 is 0.800 bits per heavy atom. The minimum absolute atomic E-state index is 0.249. The highest BCUT2D eigenvalue weighted by atomic mass is 16.3. The van der Waals surface area contributed by atoms with Crippen LogP contribution in [0.5, 0.6) is 0 Å². The number of aliphatic hydroxyl groups excluding tert-OH is 2. The van der Waals surface area contributed by atoms with Crippen molar-refractivity contribution in [3.05, 3.63) is 0 Å². The molecule has 0 aliphatic heterocycles. The number of hydrogen-bond donors (Lipinski definition) is 2. The van der Waals surface area contributed by atoms with Crippen molar-refractivity contribution in [2.45, 2.75) is 118 Å². The molecule has 2 heteroatoms. The third-order valence-electron chi connectivity index (χ3n) is 11.7. The Balaban J connectivity index is 1.47. The molecule has 4 rings (SSSR count). The lowest BCUT2D eigenvalue weighted by atomic mass is 9.44. The van der Waals surface area contributed by atoms with Gasteiger partial charge in [0.25, 0.3) is 0 Å². The van der Waals surface area contributed by atoms with Gasteiger partial charge in [0.15, 0.2) is 0 Å². The largest absolute Gasteiger partial charge is 0.390 e. The summed E-state index contributed by atoms with van der Waals surface area (Å²) in [5, 5.41) is 20.8. The summed E-state index contributed by atoms with van der Waals surface area (Å²) in [7, 11) is 0. The van der Waals surface area contributed by atoms with Crippen molar-refractivity contribution in [2.24, 2.45) is 58.2 Å². The molecule has 4 aliphatic carbocycles. The summed E-state index contributed by atoms with van der Waals surface area (Å²) in [6, 6.07) is 0. The Morgan fingerprint density at radius 2 is 1.50 bits per heavy atom. The van der Waals surface area contributed by atoms with Crippen LogP contribution < -0.4 is 0 Å². The number of hydrogen-bond acceptors (Lipinski definition) is 2. The first-order valence-electron chi connectivity index (χ1n) is 13.4. The van der Waals surface area contributed by atoms with Crippen LogP contribution in [-0.2, 0) is 0 Å². The fraction of sp³-hybridized carbons (Fsp3) is 1.00. The van der Waals surface area contributed by atoms with E-state index >= 15 is 0 Å². The maximum absolute atomic E-state index is 10.5. The molecule has 4 aliphatic rings. The summed E-state index contributed by atoms with van der Waals surface area (Å²) in [5.74, 6) is 6.56. The Kier molecular flexibility index (Phi) is 6.44. The second-order valence-corrected chi connectivity index (χ2v) is 13.2. The number of rotatable bonds is 5. The lowest BCUT2D eigenvalue weighted by Crippen LogP contribution is -2.56. The van der Waals surface area contributed by atoms with E-state index in [9.17, 15) is 10.2 Å². The van der Waals surface area contributed by atoms with Crippen LogP contribution in [0.15, 0.2) is 0 Å². The van der Waals surface area contributed by atoms with Crippen LogP contribution in [0.3, 0.4) is 0 Å². The molecule has 0 aromatic carbocycles. The van der Waals surface area contributed by atoms with Crippen LogP contribution in [0.4, 0.5) is 0 Å². The van der Waals surface area contributed by atoms with E-state index in [0.717, 1.165) is 54.3 Å². The second-order valence-electron chi connectivity index (χ2n) is 13.2. The molecule has 2 N–H and O–H groups in total. The molecule has 0 amide bonds. The lowest BCUT2D eigenvalue weighted by Gasteiger charge is -2.61. The van der Waals surface area contributed by atoms with Crippen LogP contribution in [0, 0.1) is 58.2 Å². The SMILES string of the molecule is CC(C)[C@@H](C)CC[C@@H](C)C1CCC2C3CCC4CC(O)C(O)C[C@@]4(C)C3CCC21C. The van der Waals surface area contributed by atoms with Gasteiger partial charge in [0, 0.05) is 0 Å². The molecule has 30 heavy (non-hydrogen) atoms. The van der Waals surface area contributed by atoms with Gasteiger partial charge in [-0.25, -0.2) is 0 Å². The topological polar surface area (TPSA) is 40.5 Å². The molecule has 0 bridgehead atoms. The van der Waals surface area contributed by atoms with Crippen molar-refractivity contribution in [2.75, 3.05) is 0 Å². The van der Waals surface area contributed by atoms with E-state index in [0.29, 0.717) is 11.3 Å². The molecule has 0 spiro atoms. The van der Waals surface area contributed by atoms with Gasteiger partial charge < -0.3 is 10.2 Å². The van der Waals surface area contributed by atoms with Crippen LogP contribution in [0.25, 0.3) is 0 Å². The van der Waals surface area contributed by atoms with Crippen LogP contribution in [0.2, 0.25) is 0 Å². The summed E-state index contributed by atoms with van der Waals surface area (Å²) in [5.41, 5.74) is 0.789. The molecule has 0 aromatic rings. The van der Waals surface area contributed by atoms with E-state index in [4.69, 9.17) is 0 Å². The zero-order valence-corrected chi connectivity index (χ0v) is 20.7. The van der Waals surface area contributed by atoms with Crippen molar-refractivity contribution in [3.63, 3.8) is 0 Å². The van der Waals surface area contributed by atoms with Gasteiger partial charge in [0.05, 0.1) is 12.2 Å². The standard InChI is InChI=1S/C28H50O2/c1-17(2)18(3)7-8-19(4)22-11-12-23-21-10-9-20-15-25(29)26(30)16-28(20,6)24(21)13-14-27(22,23)5/h17-26,29-30H,7-16H2,1-6H3/t18-,19+,20?,21?,22?,23?,24?,25?,26?,27?,28+/m0/s1. The normalized spacial score (nSPS) is 50.5. The molecular weight excluding hydrogens is 368 g/mol. The molecule has 8 unspecified atom stereocenters. The predicted octanol–water partition coefficient (Wildman–Crippen LogP) is 6.69. The zero-order chi connectivity index (χ0) is 21.8. The van der Waals surface area contributed by atoms with Gasteiger partial charge in [0.2, 0.25) is 0 Å². The molecule has 0 saturated heterocycles. The molecule has 0 radical (unpaired) electrons. The minimum atomic E-state index is -0.502. The highest BCUT2D eigenvalue weighted by molar-refractivity contribution is 5.10. The molecule has 11 atom stereocenters. The molecule has 4 saturated carbocycles. The second kappa shape index (κ2) is 8.36. The lowest BCUT2D eigenvalue weighted by molar-refractivity contribution is -0.160. The smallest absolute Gasteiger partial charge is 0.0804 e. The van der Waals surface area contributed by atoms with Gasteiger partial charge >= 0.3 is 0 Å². The highest BCUT2D eigenvalue weighted by Crippen LogP contribution is 2.68. The monoisotopic (exact) mass is 418 g/mol. The van der Waals surface area contributed by atoms with Crippen LogP contribution in [0.1, 0.15) is 106 Å². The van der Waals surface area contributed by atoms with E-state index in [2.05, 4.69) is 41.5 Å². The molecule has 4 fully saturated rings. The quantitative estimate of drug-likeness (QED) is 0.522. The molecule has 174 valence electrons. The minimum Gasteiger partial charge on any atom is -0.390 e. The Labute approximate surface area is 186 Å². The molecule has 0 heterocycles. The van der Waals surface area contributed by atoms with Gasteiger partial charge in [-0.2, -0.15) is 0 Å². The summed E-state index contributed by atoms with van der Waals surface area (Å²) >= 11 is 0. The van der Waals surface area contributed by atoms with E-state index in [1.807, 2.05) is 0 Å². The third-order valence-corrected chi connectivity index (χ3v) is 11.7. The Morgan fingerprint density at radius 3 is 2.20 bits per heavy atom. The van der Waals surface area contributed by atoms with Gasteiger partial charge in [-0.05, 0) is 110 Å². The summed E-state index contributed by atoms with van der Waals surface area (Å²) < 4.78 is 0. The third kappa shape index (κ3) is 3.70. The molecule has 2 nitrogen and oxygen atoms in total. The summed E-state index contributed by atoms with van der Waals surface area (Å²) in [6.45, 7) is 14.9. The fourth-order valence-corrected chi connectivity index (χ4v) is 9.31.